The summed E-state index contributed by atoms with van der Waals surface area (Å²) in [6.45, 7) is 5.49. The quantitative estimate of drug-likeness (QED) is 0.541. The first-order chi connectivity index (χ1) is 17.8. The molecule has 2 aromatic carbocycles. The minimum atomic E-state index is -0.194. The van der Waals surface area contributed by atoms with Crippen molar-refractivity contribution in [3.05, 3.63) is 58.7 Å². The van der Waals surface area contributed by atoms with Crippen LogP contribution in [0.3, 0.4) is 0 Å². The number of aryl methyl sites for hydroxylation is 2. The lowest BCUT2D eigenvalue weighted by Gasteiger charge is -2.36. The molecule has 2 aliphatic rings. The summed E-state index contributed by atoms with van der Waals surface area (Å²) >= 11 is 0. The van der Waals surface area contributed by atoms with E-state index in [1.54, 1.807) is 7.11 Å². The summed E-state index contributed by atoms with van der Waals surface area (Å²) in [5, 5.41) is 2.98. The summed E-state index contributed by atoms with van der Waals surface area (Å²) in [4.78, 5) is 39.7. The van der Waals surface area contributed by atoms with Crippen LogP contribution < -0.4 is 10.1 Å². The molecule has 37 heavy (non-hydrogen) atoms. The van der Waals surface area contributed by atoms with E-state index in [2.05, 4.69) is 17.4 Å². The Morgan fingerprint density at radius 1 is 0.838 bits per heavy atom. The Hall–Kier alpha value is -3.35. The molecule has 2 amide bonds. The number of benzene rings is 2. The van der Waals surface area contributed by atoms with Gasteiger partial charge in [0.05, 0.1) is 25.7 Å². The van der Waals surface area contributed by atoms with E-state index in [1.807, 2.05) is 43.0 Å². The minimum absolute atomic E-state index is 0.0243. The second-order valence-electron chi connectivity index (χ2n) is 10.4. The van der Waals surface area contributed by atoms with Crippen LogP contribution in [0.5, 0.6) is 5.75 Å². The molecule has 2 aromatic rings. The van der Waals surface area contributed by atoms with Gasteiger partial charge in [0.15, 0.2) is 0 Å². The van der Waals surface area contributed by atoms with Gasteiger partial charge >= 0.3 is 5.97 Å². The van der Waals surface area contributed by atoms with Gasteiger partial charge in [0.1, 0.15) is 5.75 Å². The Kier molecular flexibility index (Phi) is 8.52. The van der Waals surface area contributed by atoms with E-state index in [4.69, 9.17) is 9.47 Å². The van der Waals surface area contributed by atoms with Crippen LogP contribution >= 0.6 is 0 Å². The monoisotopic (exact) mass is 506 g/mol. The molecule has 0 aromatic heterocycles. The molecule has 2 fully saturated rings. The number of piperidine rings is 1. The van der Waals surface area contributed by atoms with Crippen LogP contribution in [0.25, 0.3) is 0 Å². The lowest BCUT2D eigenvalue weighted by molar-refractivity contribution is -0.148. The number of anilines is 1. The van der Waals surface area contributed by atoms with Crippen LogP contribution in [-0.2, 0) is 14.3 Å². The Bertz CT molecular complexity index is 1130. The largest absolute Gasteiger partial charge is 0.496 e. The first kappa shape index (κ1) is 26.7. The molecule has 4 rings (SSSR count). The topological polar surface area (TPSA) is 84.9 Å². The lowest BCUT2D eigenvalue weighted by atomic mass is 9.80. The van der Waals surface area contributed by atoms with E-state index in [1.165, 1.54) is 12.7 Å². The molecular weight excluding hydrogens is 468 g/mol. The van der Waals surface area contributed by atoms with Gasteiger partial charge in [-0.3, -0.25) is 14.4 Å². The maximum Gasteiger partial charge on any atom is 0.308 e. The predicted molar refractivity (Wildman–Crippen MR) is 143 cm³/mol. The molecule has 0 radical (unpaired) electrons. The first-order valence-corrected chi connectivity index (χ1v) is 13.2. The van der Waals surface area contributed by atoms with Crippen molar-refractivity contribution >= 4 is 23.5 Å². The smallest absolute Gasteiger partial charge is 0.308 e. The van der Waals surface area contributed by atoms with Crippen LogP contribution in [0, 0.1) is 25.7 Å². The highest BCUT2D eigenvalue weighted by atomic mass is 16.5. The predicted octanol–water partition coefficient (Wildman–Crippen LogP) is 5.25. The van der Waals surface area contributed by atoms with Crippen LogP contribution in [-0.4, -0.2) is 50.0 Å². The van der Waals surface area contributed by atoms with Gasteiger partial charge < -0.3 is 19.7 Å². The number of hydrogen-bond acceptors (Lipinski definition) is 5. The average molecular weight is 507 g/mol. The molecule has 1 saturated carbocycles. The van der Waals surface area contributed by atoms with Gasteiger partial charge in [-0.25, -0.2) is 0 Å². The SMILES string of the molecule is COC(=O)C1CCC(C(=O)N2CCC(c3ccc(NC(=O)c4cc(C)c(C)cc4OC)cc3)CC2)CC1. The normalized spacial score (nSPS) is 20.3. The number of carbonyl (C=O) groups excluding carboxylic acids is 3. The Morgan fingerprint density at radius 2 is 1.43 bits per heavy atom. The van der Waals surface area contributed by atoms with E-state index in [-0.39, 0.29) is 29.6 Å². The fourth-order valence-corrected chi connectivity index (χ4v) is 5.61. The number of likely N-dealkylation sites (tertiary alicyclic amines) is 1. The molecule has 1 N–H and O–H groups in total. The zero-order valence-electron chi connectivity index (χ0n) is 22.3. The zero-order valence-corrected chi connectivity index (χ0v) is 22.3. The fourth-order valence-electron chi connectivity index (χ4n) is 5.61. The highest BCUT2D eigenvalue weighted by Crippen LogP contribution is 2.34. The molecule has 0 unspecified atom stereocenters. The van der Waals surface area contributed by atoms with E-state index >= 15 is 0 Å². The van der Waals surface area contributed by atoms with Gasteiger partial charge in [-0.05, 0) is 99.2 Å². The van der Waals surface area contributed by atoms with Gasteiger partial charge in [0.2, 0.25) is 5.91 Å². The summed E-state index contributed by atoms with van der Waals surface area (Å²) in [5.74, 6) is 0.814. The molecule has 198 valence electrons. The summed E-state index contributed by atoms with van der Waals surface area (Å²) in [7, 11) is 3.00. The molecule has 7 heteroatoms. The van der Waals surface area contributed by atoms with E-state index in [0.29, 0.717) is 17.2 Å². The number of rotatable bonds is 6. The Morgan fingerprint density at radius 3 is 2.03 bits per heavy atom. The van der Waals surface area contributed by atoms with Gasteiger partial charge in [0, 0.05) is 24.7 Å². The number of ether oxygens (including phenoxy) is 2. The number of nitrogens with one attached hydrogen (secondary N) is 1. The molecule has 0 bridgehead atoms. The molecule has 0 spiro atoms. The second kappa shape index (κ2) is 11.8. The van der Waals surface area contributed by atoms with Crippen LogP contribution in [0.2, 0.25) is 0 Å². The number of esters is 1. The van der Waals surface area contributed by atoms with Crippen molar-refractivity contribution in [3.63, 3.8) is 0 Å². The standard InChI is InChI=1S/C30H38N2O5/c1-19-17-26(27(36-3)18-20(19)2)28(33)31-25-11-9-21(10-12-25)22-13-15-32(16-14-22)29(34)23-5-7-24(8-6-23)30(35)37-4/h9-12,17-18,22-24H,5-8,13-16H2,1-4H3,(H,31,33). The first-order valence-electron chi connectivity index (χ1n) is 13.2. The van der Waals surface area contributed by atoms with E-state index in [0.717, 1.165) is 68.4 Å². The summed E-state index contributed by atoms with van der Waals surface area (Å²) < 4.78 is 10.3. The highest BCUT2D eigenvalue weighted by Gasteiger charge is 2.34. The average Bonchev–Trinajstić information content (AvgIpc) is 2.94. The molecule has 0 atom stereocenters. The number of hydrogen-bond donors (Lipinski definition) is 1. The van der Waals surface area contributed by atoms with Crippen LogP contribution in [0.15, 0.2) is 36.4 Å². The van der Waals surface area contributed by atoms with Crippen molar-refractivity contribution in [2.75, 3.05) is 32.6 Å². The van der Waals surface area contributed by atoms with Crippen molar-refractivity contribution in [2.24, 2.45) is 11.8 Å². The molecule has 1 aliphatic heterocycles. The fraction of sp³-hybridized carbons (Fsp3) is 0.500. The van der Waals surface area contributed by atoms with Crippen molar-refractivity contribution in [2.45, 2.75) is 58.3 Å². The summed E-state index contributed by atoms with van der Waals surface area (Å²) in [6, 6.07) is 11.8. The number of amides is 2. The second-order valence-corrected chi connectivity index (χ2v) is 10.4. The number of carbonyl (C=O) groups is 3. The summed E-state index contributed by atoms with van der Waals surface area (Å²) in [5.41, 5.74) is 4.61. The number of nitrogens with zero attached hydrogens (tertiary/aromatic N) is 1. The molecular formula is C30H38N2O5. The molecule has 7 nitrogen and oxygen atoms in total. The molecule has 1 heterocycles. The minimum Gasteiger partial charge on any atom is -0.496 e. The maximum absolute atomic E-state index is 13.1. The van der Waals surface area contributed by atoms with Gasteiger partial charge in [-0.2, -0.15) is 0 Å². The van der Waals surface area contributed by atoms with Crippen LogP contribution in [0.1, 0.15) is 71.5 Å². The third-order valence-corrected chi connectivity index (χ3v) is 8.12. The summed E-state index contributed by atoms with van der Waals surface area (Å²) in [6.07, 6.45) is 4.85. The zero-order chi connectivity index (χ0) is 26.5. The maximum atomic E-state index is 13.1. The van der Waals surface area contributed by atoms with Gasteiger partial charge in [0.25, 0.3) is 5.91 Å². The van der Waals surface area contributed by atoms with E-state index < -0.39 is 0 Å². The number of methoxy groups -OCH3 is 2. The lowest BCUT2D eigenvalue weighted by Crippen LogP contribution is -2.42. The van der Waals surface area contributed by atoms with Gasteiger partial charge in [-0.15, -0.1) is 0 Å². The molecule has 1 aliphatic carbocycles. The van der Waals surface area contributed by atoms with Crippen molar-refractivity contribution in [1.29, 1.82) is 0 Å². The van der Waals surface area contributed by atoms with E-state index in [9.17, 15) is 14.4 Å². The highest BCUT2D eigenvalue weighted by molar-refractivity contribution is 6.06. The van der Waals surface area contributed by atoms with Gasteiger partial charge in [-0.1, -0.05) is 12.1 Å². The van der Waals surface area contributed by atoms with Crippen molar-refractivity contribution in [3.8, 4) is 5.75 Å². The van der Waals surface area contributed by atoms with Crippen molar-refractivity contribution in [1.82, 2.24) is 4.90 Å². The third-order valence-electron chi connectivity index (χ3n) is 8.12. The van der Waals surface area contributed by atoms with Crippen LogP contribution in [0.4, 0.5) is 5.69 Å². The van der Waals surface area contributed by atoms with Crippen molar-refractivity contribution < 1.29 is 23.9 Å². The Labute approximate surface area is 219 Å². The third kappa shape index (κ3) is 6.14. The Balaban J connectivity index is 1.29. The molecule has 1 saturated heterocycles.